The van der Waals surface area contributed by atoms with E-state index in [-0.39, 0.29) is 29.5 Å². The minimum Gasteiger partial charge on any atom is -0.710 e. The van der Waals surface area contributed by atoms with Gasteiger partial charge < -0.3 is 15.2 Å². The van der Waals surface area contributed by atoms with Crippen LogP contribution in [0, 0.1) is 11.1 Å². The summed E-state index contributed by atoms with van der Waals surface area (Å²) in [4.78, 5) is 42.6. The fourth-order valence-electron chi connectivity index (χ4n) is 2.97. The number of aromatic nitrogens is 3. The molecule has 0 aliphatic heterocycles. The summed E-state index contributed by atoms with van der Waals surface area (Å²) in [5, 5.41) is 15.8. The zero-order valence-electron chi connectivity index (χ0n) is 15.3. The molecule has 0 aliphatic carbocycles. The number of hydrogen-bond donors (Lipinski definition) is 3. The van der Waals surface area contributed by atoms with Crippen LogP contribution >= 0.6 is 0 Å². The van der Waals surface area contributed by atoms with Crippen LogP contribution in [0.5, 0.6) is 0 Å². The van der Waals surface area contributed by atoms with Gasteiger partial charge in [-0.3, -0.25) is 9.59 Å². The highest BCUT2D eigenvalue weighted by Gasteiger charge is 2.28. The molecule has 0 bridgehead atoms. The molecular formula is C19H20N4O4. The van der Waals surface area contributed by atoms with Crippen LogP contribution in [0.3, 0.4) is 0 Å². The van der Waals surface area contributed by atoms with E-state index in [0.29, 0.717) is 15.7 Å². The molecule has 0 atom stereocenters. The first-order chi connectivity index (χ1) is 12.8. The maximum Gasteiger partial charge on any atom is 0.313 e. The van der Waals surface area contributed by atoms with E-state index in [0.717, 1.165) is 5.52 Å². The van der Waals surface area contributed by atoms with Crippen LogP contribution in [0.25, 0.3) is 10.9 Å². The average Bonchev–Trinajstić information content (AvgIpc) is 3.04. The Labute approximate surface area is 154 Å². The van der Waals surface area contributed by atoms with Crippen molar-refractivity contribution in [2.45, 2.75) is 27.2 Å². The summed E-state index contributed by atoms with van der Waals surface area (Å²) in [5.41, 5.74) is 0.0999. The van der Waals surface area contributed by atoms with Gasteiger partial charge in [0.25, 0.3) is 5.56 Å². The number of carbonyl (C=O) groups excluding carboxylic acids is 2. The van der Waals surface area contributed by atoms with Gasteiger partial charge in [-0.25, -0.2) is 14.8 Å². The second-order valence-electron chi connectivity index (χ2n) is 6.78. The van der Waals surface area contributed by atoms with E-state index in [9.17, 15) is 19.6 Å². The first-order valence-corrected chi connectivity index (χ1v) is 8.56. The van der Waals surface area contributed by atoms with Crippen LogP contribution in [0.2, 0.25) is 0 Å². The smallest absolute Gasteiger partial charge is 0.313 e. The van der Waals surface area contributed by atoms with Crippen LogP contribution in [0.15, 0.2) is 35.3 Å². The molecule has 0 fully saturated rings. The number of fused-ring (bicyclic) bond motifs is 1. The molecule has 3 aromatic rings. The number of para-hydroxylation sites is 1. The predicted molar refractivity (Wildman–Crippen MR) is 101 cm³/mol. The van der Waals surface area contributed by atoms with Crippen molar-refractivity contribution in [3.8, 4) is 0 Å². The van der Waals surface area contributed by atoms with Crippen molar-refractivity contribution in [2.75, 3.05) is 5.32 Å². The monoisotopic (exact) mass is 368 g/mol. The summed E-state index contributed by atoms with van der Waals surface area (Å²) in [6.07, 6.45) is 1.73. The number of ketones is 1. The quantitative estimate of drug-likeness (QED) is 0.361. The van der Waals surface area contributed by atoms with Crippen molar-refractivity contribution < 1.29 is 14.3 Å². The van der Waals surface area contributed by atoms with Crippen molar-refractivity contribution in [3.05, 3.63) is 63.0 Å². The lowest BCUT2D eigenvalue weighted by atomic mass is 10.1. The normalized spacial score (nSPS) is 11.1. The SMILES string of the molecule is CC(=O)Nc1c(C(=O)c2c[nH]c3ccccc23)[nH]c(=O)c(CC(C)C)[n+]1[O-]. The molecule has 3 N–H and O–H groups in total. The highest BCUT2D eigenvalue weighted by Crippen LogP contribution is 2.22. The Bertz CT molecular complexity index is 1090. The van der Waals surface area contributed by atoms with Crippen LogP contribution < -0.4 is 15.6 Å². The third-order valence-corrected chi connectivity index (χ3v) is 4.14. The van der Waals surface area contributed by atoms with E-state index >= 15 is 0 Å². The molecule has 1 aromatic carbocycles. The maximum absolute atomic E-state index is 13.1. The molecular weight excluding hydrogens is 348 g/mol. The van der Waals surface area contributed by atoms with Gasteiger partial charge >= 0.3 is 11.7 Å². The Morgan fingerprint density at radius 2 is 1.96 bits per heavy atom. The molecule has 27 heavy (non-hydrogen) atoms. The van der Waals surface area contributed by atoms with Gasteiger partial charge in [0.1, 0.15) is 0 Å². The summed E-state index contributed by atoms with van der Waals surface area (Å²) in [6, 6.07) is 7.17. The third kappa shape index (κ3) is 3.46. The topological polar surface area (TPSA) is 122 Å². The number of carbonyl (C=O) groups is 2. The van der Waals surface area contributed by atoms with E-state index in [1.54, 1.807) is 12.1 Å². The minimum atomic E-state index is -0.643. The Balaban J connectivity index is 2.20. The van der Waals surface area contributed by atoms with Crippen molar-refractivity contribution in [1.82, 2.24) is 9.97 Å². The minimum absolute atomic E-state index is 0.0478. The molecule has 8 heteroatoms. The zero-order valence-corrected chi connectivity index (χ0v) is 15.3. The predicted octanol–water partition coefficient (Wildman–Crippen LogP) is 1.88. The lowest BCUT2D eigenvalue weighted by Gasteiger charge is -2.16. The van der Waals surface area contributed by atoms with Gasteiger partial charge in [0, 0.05) is 36.0 Å². The number of amides is 1. The average molecular weight is 368 g/mol. The first kappa shape index (κ1) is 18.4. The standard InChI is InChI=1S/C19H20N4O4/c1-10(2)8-15-19(26)22-16(18(23(15)27)21-11(3)24)17(25)13-9-20-14-7-5-4-6-12(13)14/h4-7,9-10,20H,8H2,1-3H3,(H,21,24)(H,22,26). The van der Waals surface area contributed by atoms with Crippen molar-refractivity contribution in [2.24, 2.45) is 5.92 Å². The van der Waals surface area contributed by atoms with E-state index < -0.39 is 17.2 Å². The molecule has 0 spiro atoms. The fraction of sp³-hybridized carbons (Fsp3) is 0.263. The molecule has 3 rings (SSSR count). The highest BCUT2D eigenvalue weighted by molar-refractivity contribution is 6.17. The Morgan fingerprint density at radius 3 is 2.63 bits per heavy atom. The van der Waals surface area contributed by atoms with Gasteiger partial charge in [0.15, 0.2) is 11.4 Å². The number of hydrogen-bond acceptors (Lipinski definition) is 4. The van der Waals surface area contributed by atoms with Crippen LogP contribution in [0.1, 0.15) is 42.5 Å². The molecule has 2 heterocycles. The molecule has 2 aromatic heterocycles. The summed E-state index contributed by atoms with van der Waals surface area (Å²) in [7, 11) is 0. The number of aromatic amines is 2. The van der Waals surface area contributed by atoms with Gasteiger partial charge in [-0.1, -0.05) is 32.0 Å². The number of anilines is 1. The molecule has 0 radical (unpaired) electrons. The van der Waals surface area contributed by atoms with Crippen LogP contribution in [-0.4, -0.2) is 21.7 Å². The Hall–Kier alpha value is -3.42. The van der Waals surface area contributed by atoms with Gasteiger partial charge in [-0.05, 0) is 12.0 Å². The Morgan fingerprint density at radius 1 is 1.26 bits per heavy atom. The fourth-order valence-corrected chi connectivity index (χ4v) is 2.97. The number of nitrogens with one attached hydrogen (secondary N) is 3. The summed E-state index contributed by atoms with van der Waals surface area (Å²) < 4.78 is 0.350. The number of rotatable bonds is 5. The van der Waals surface area contributed by atoms with Gasteiger partial charge in [0.2, 0.25) is 5.78 Å². The third-order valence-electron chi connectivity index (χ3n) is 4.14. The van der Waals surface area contributed by atoms with Crippen molar-refractivity contribution in [3.63, 3.8) is 0 Å². The van der Waals surface area contributed by atoms with Crippen molar-refractivity contribution >= 4 is 28.4 Å². The molecule has 1 amide bonds. The molecule has 0 saturated carbocycles. The van der Waals surface area contributed by atoms with E-state index in [1.807, 2.05) is 26.0 Å². The number of benzene rings is 1. The van der Waals surface area contributed by atoms with Gasteiger partial charge in [0.05, 0.1) is 0 Å². The van der Waals surface area contributed by atoms with Crippen LogP contribution in [0.4, 0.5) is 5.82 Å². The second-order valence-corrected chi connectivity index (χ2v) is 6.78. The summed E-state index contributed by atoms with van der Waals surface area (Å²) in [6.45, 7) is 4.96. The molecule has 0 saturated heterocycles. The maximum atomic E-state index is 13.1. The van der Waals surface area contributed by atoms with Gasteiger partial charge in [-0.15, -0.1) is 0 Å². The molecule has 140 valence electrons. The van der Waals surface area contributed by atoms with Gasteiger partial charge in [-0.2, -0.15) is 0 Å². The van der Waals surface area contributed by atoms with Crippen molar-refractivity contribution in [1.29, 1.82) is 0 Å². The van der Waals surface area contributed by atoms with E-state index in [2.05, 4.69) is 15.3 Å². The number of H-pyrrole nitrogens is 2. The lowest BCUT2D eigenvalue weighted by Crippen LogP contribution is -2.45. The Kier molecular flexibility index (Phi) is 4.81. The van der Waals surface area contributed by atoms with E-state index in [4.69, 9.17) is 0 Å². The molecule has 8 nitrogen and oxygen atoms in total. The summed E-state index contributed by atoms with van der Waals surface area (Å²) >= 11 is 0. The zero-order chi connectivity index (χ0) is 19.7. The molecule has 0 aliphatic rings. The van der Waals surface area contributed by atoms with Crippen LogP contribution in [-0.2, 0) is 11.2 Å². The second kappa shape index (κ2) is 7.06. The molecule has 0 unspecified atom stereocenters. The first-order valence-electron chi connectivity index (χ1n) is 8.56. The summed E-state index contributed by atoms with van der Waals surface area (Å²) in [5.74, 6) is -1.30. The van der Waals surface area contributed by atoms with E-state index in [1.165, 1.54) is 13.1 Å². The lowest BCUT2D eigenvalue weighted by molar-refractivity contribution is -0.600. The largest absolute Gasteiger partial charge is 0.710 e. The number of nitrogens with zero attached hydrogens (tertiary/aromatic N) is 1. The highest BCUT2D eigenvalue weighted by atomic mass is 16.5.